The molecular weight excluding hydrogens is 474 g/mol. The molecule has 186 valence electrons. The Labute approximate surface area is 208 Å². The maximum Gasteiger partial charge on any atom is 0.243 e. The summed E-state index contributed by atoms with van der Waals surface area (Å²) in [6, 6.07) is 14.7. The normalized spacial score (nSPS) is 13.4. The minimum Gasteiger partial charge on any atom is -0.352 e. The first-order chi connectivity index (χ1) is 16.1. The molecule has 0 aromatic heterocycles. The second-order valence-electron chi connectivity index (χ2n) is 8.28. The topological polar surface area (TPSA) is 86.8 Å². The molecule has 0 radical (unpaired) electrons. The van der Waals surface area contributed by atoms with Gasteiger partial charge in [-0.25, -0.2) is 8.42 Å². The van der Waals surface area contributed by atoms with Crippen molar-refractivity contribution in [1.82, 2.24) is 14.5 Å². The number of amides is 2. The lowest BCUT2D eigenvalue weighted by molar-refractivity contribution is -0.141. The summed E-state index contributed by atoms with van der Waals surface area (Å²) in [5.74, 6) is -0.663. The number of benzene rings is 2. The van der Waals surface area contributed by atoms with E-state index in [4.69, 9.17) is 11.6 Å². The Morgan fingerprint density at radius 2 is 1.62 bits per heavy atom. The number of hydrogen-bond donors (Lipinski definition) is 1. The van der Waals surface area contributed by atoms with Crippen molar-refractivity contribution in [1.29, 1.82) is 0 Å². The zero-order valence-corrected chi connectivity index (χ0v) is 21.8. The van der Waals surface area contributed by atoms with E-state index < -0.39 is 22.0 Å². The first-order valence-corrected chi connectivity index (χ1v) is 13.3. The molecule has 2 aromatic carbocycles. The van der Waals surface area contributed by atoms with Gasteiger partial charge in [-0.2, -0.15) is 4.31 Å². The number of likely N-dealkylation sites (N-methyl/N-ethyl adjacent to an activating group) is 1. The standard InChI is InChI=1S/C25H34ClN3O4S/c1-5-19(3)27-25(31)23(6-2)29(17-16-20-10-8-7-9-11-20)24(30)18-28(4)34(32,33)22-14-12-21(26)13-15-22/h7-15,19,23H,5-6,16-18H2,1-4H3,(H,27,31)/t19-,23-/m0/s1. The lowest BCUT2D eigenvalue weighted by Gasteiger charge is -2.32. The fourth-order valence-corrected chi connectivity index (χ4v) is 4.74. The average Bonchev–Trinajstić information content (AvgIpc) is 2.82. The van der Waals surface area contributed by atoms with Gasteiger partial charge in [0.15, 0.2) is 0 Å². The third-order valence-electron chi connectivity index (χ3n) is 5.75. The van der Waals surface area contributed by atoms with Gasteiger partial charge in [0.05, 0.1) is 11.4 Å². The van der Waals surface area contributed by atoms with E-state index in [1.807, 2.05) is 51.1 Å². The Bertz CT molecular complexity index is 1050. The highest BCUT2D eigenvalue weighted by Gasteiger charge is 2.31. The van der Waals surface area contributed by atoms with Gasteiger partial charge < -0.3 is 10.2 Å². The van der Waals surface area contributed by atoms with Crippen LogP contribution in [0, 0.1) is 0 Å². The first kappa shape index (κ1) is 27.8. The zero-order valence-electron chi connectivity index (χ0n) is 20.2. The predicted molar refractivity (Wildman–Crippen MR) is 135 cm³/mol. The van der Waals surface area contributed by atoms with E-state index in [1.54, 1.807) is 0 Å². The molecule has 9 heteroatoms. The summed E-state index contributed by atoms with van der Waals surface area (Å²) >= 11 is 5.87. The fraction of sp³-hybridized carbons (Fsp3) is 0.440. The number of carbonyl (C=O) groups is 2. The Hall–Kier alpha value is -2.42. The van der Waals surface area contributed by atoms with Crippen molar-refractivity contribution in [2.24, 2.45) is 0 Å². The van der Waals surface area contributed by atoms with E-state index in [1.165, 1.54) is 36.2 Å². The molecule has 0 aliphatic rings. The van der Waals surface area contributed by atoms with Crippen LogP contribution in [-0.4, -0.2) is 61.7 Å². The minimum absolute atomic E-state index is 0.0272. The Morgan fingerprint density at radius 3 is 2.18 bits per heavy atom. The SMILES string of the molecule is CC[C@H](C)NC(=O)[C@H](CC)N(CCc1ccccc1)C(=O)CN(C)S(=O)(=O)c1ccc(Cl)cc1. The maximum atomic E-state index is 13.4. The van der Waals surface area contributed by atoms with Crippen molar-refractivity contribution in [3.05, 3.63) is 65.2 Å². The van der Waals surface area contributed by atoms with E-state index in [2.05, 4.69) is 5.32 Å². The molecule has 2 aromatic rings. The highest BCUT2D eigenvalue weighted by atomic mass is 35.5. The Morgan fingerprint density at radius 1 is 1.00 bits per heavy atom. The summed E-state index contributed by atoms with van der Waals surface area (Å²) in [5, 5.41) is 3.37. The van der Waals surface area contributed by atoms with Crippen LogP contribution in [0.1, 0.15) is 39.2 Å². The number of hydrogen-bond acceptors (Lipinski definition) is 4. The highest BCUT2D eigenvalue weighted by molar-refractivity contribution is 7.89. The van der Waals surface area contributed by atoms with E-state index in [-0.39, 0.29) is 23.4 Å². The molecule has 1 N–H and O–H groups in total. The number of nitrogens with zero attached hydrogens (tertiary/aromatic N) is 2. The van der Waals surface area contributed by atoms with Crippen molar-refractivity contribution in [3.8, 4) is 0 Å². The highest BCUT2D eigenvalue weighted by Crippen LogP contribution is 2.18. The Balaban J connectivity index is 2.25. The van der Waals surface area contributed by atoms with Gasteiger partial charge in [0.1, 0.15) is 6.04 Å². The molecule has 7 nitrogen and oxygen atoms in total. The number of nitrogens with one attached hydrogen (secondary N) is 1. The molecule has 0 bridgehead atoms. The maximum absolute atomic E-state index is 13.4. The van der Waals surface area contributed by atoms with Gasteiger partial charge in [-0.1, -0.05) is 55.8 Å². The van der Waals surface area contributed by atoms with Gasteiger partial charge in [-0.3, -0.25) is 9.59 Å². The van der Waals surface area contributed by atoms with Crippen LogP contribution < -0.4 is 5.32 Å². The monoisotopic (exact) mass is 507 g/mol. The van der Waals surface area contributed by atoms with Crippen LogP contribution in [0.3, 0.4) is 0 Å². The average molecular weight is 508 g/mol. The van der Waals surface area contributed by atoms with Crippen LogP contribution in [0.4, 0.5) is 0 Å². The third kappa shape index (κ3) is 7.55. The largest absolute Gasteiger partial charge is 0.352 e. The van der Waals surface area contributed by atoms with Crippen LogP contribution in [0.15, 0.2) is 59.5 Å². The van der Waals surface area contributed by atoms with Gasteiger partial charge in [0, 0.05) is 24.7 Å². The third-order valence-corrected chi connectivity index (χ3v) is 7.82. The number of sulfonamides is 1. The summed E-state index contributed by atoms with van der Waals surface area (Å²) < 4.78 is 26.9. The first-order valence-electron chi connectivity index (χ1n) is 11.5. The van der Waals surface area contributed by atoms with Crippen molar-refractivity contribution < 1.29 is 18.0 Å². The van der Waals surface area contributed by atoms with E-state index in [0.29, 0.717) is 24.4 Å². The van der Waals surface area contributed by atoms with E-state index in [0.717, 1.165) is 16.3 Å². The molecule has 0 heterocycles. The molecule has 0 unspecified atom stereocenters. The zero-order chi connectivity index (χ0) is 25.3. The van der Waals surface area contributed by atoms with Gasteiger partial charge >= 0.3 is 0 Å². The van der Waals surface area contributed by atoms with Crippen LogP contribution >= 0.6 is 11.6 Å². The molecule has 34 heavy (non-hydrogen) atoms. The van der Waals surface area contributed by atoms with Crippen molar-refractivity contribution in [2.45, 2.75) is 57.0 Å². The molecule has 2 atom stereocenters. The second kappa shape index (κ2) is 12.9. The number of rotatable bonds is 12. The van der Waals surface area contributed by atoms with Crippen molar-refractivity contribution in [2.75, 3.05) is 20.1 Å². The van der Waals surface area contributed by atoms with E-state index in [9.17, 15) is 18.0 Å². The number of carbonyl (C=O) groups excluding carboxylic acids is 2. The van der Waals surface area contributed by atoms with Gasteiger partial charge in [0.25, 0.3) is 0 Å². The smallest absolute Gasteiger partial charge is 0.243 e. The van der Waals surface area contributed by atoms with Crippen molar-refractivity contribution >= 4 is 33.4 Å². The van der Waals surface area contributed by atoms with Gasteiger partial charge in [-0.15, -0.1) is 0 Å². The molecule has 0 spiro atoms. The molecule has 0 aliphatic carbocycles. The molecule has 0 aliphatic heterocycles. The molecule has 0 saturated carbocycles. The van der Waals surface area contributed by atoms with Crippen LogP contribution in [-0.2, 0) is 26.0 Å². The lowest BCUT2D eigenvalue weighted by Crippen LogP contribution is -2.53. The molecule has 0 saturated heterocycles. The minimum atomic E-state index is -3.90. The Kier molecular flexibility index (Phi) is 10.5. The molecule has 2 rings (SSSR count). The summed E-state index contributed by atoms with van der Waals surface area (Å²) in [5.41, 5.74) is 1.03. The molecule has 0 fully saturated rings. The van der Waals surface area contributed by atoms with Crippen molar-refractivity contribution in [3.63, 3.8) is 0 Å². The van der Waals surface area contributed by atoms with Gasteiger partial charge in [0.2, 0.25) is 21.8 Å². The molecule has 2 amide bonds. The van der Waals surface area contributed by atoms with Gasteiger partial charge in [-0.05, 0) is 56.0 Å². The quantitative estimate of drug-likeness (QED) is 0.474. The second-order valence-corrected chi connectivity index (χ2v) is 10.8. The van der Waals surface area contributed by atoms with Crippen LogP contribution in [0.2, 0.25) is 5.02 Å². The fourth-order valence-electron chi connectivity index (χ4n) is 3.49. The lowest BCUT2D eigenvalue weighted by atomic mass is 10.1. The predicted octanol–water partition coefficient (Wildman–Crippen LogP) is 3.73. The summed E-state index contributed by atoms with van der Waals surface area (Å²) in [6.07, 6.45) is 1.73. The van der Waals surface area contributed by atoms with E-state index >= 15 is 0 Å². The summed E-state index contributed by atoms with van der Waals surface area (Å²) in [6.45, 7) is 5.64. The number of halogens is 1. The summed E-state index contributed by atoms with van der Waals surface area (Å²) in [7, 11) is -2.54. The van der Waals surface area contributed by atoms with Crippen LogP contribution in [0.5, 0.6) is 0 Å². The summed E-state index contributed by atoms with van der Waals surface area (Å²) in [4.78, 5) is 27.9. The van der Waals surface area contributed by atoms with Crippen LogP contribution in [0.25, 0.3) is 0 Å². The molecular formula is C25H34ClN3O4S.